The maximum absolute atomic E-state index is 13.7. The van der Waals surface area contributed by atoms with Crippen molar-refractivity contribution in [2.45, 2.75) is 6.04 Å². The molecule has 18 heavy (non-hydrogen) atoms. The van der Waals surface area contributed by atoms with Crippen LogP contribution in [0.25, 0.3) is 0 Å². The molecule has 0 aliphatic rings. The van der Waals surface area contributed by atoms with Crippen LogP contribution in [0.1, 0.15) is 17.2 Å². The van der Waals surface area contributed by atoms with Gasteiger partial charge in [0.2, 0.25) is 0 Å². The van der Waals surface area contributed by atoms with Gasteiger partial charge in [-0.2, -0.15) is 0 Å². The quantitative estimate of drug-likeness (QED) is 0.604. The van der Waals surface area contributed by atoms with Gasteiger partial charge in [-0.3, -0.25) is 5.84 Å². The van der Waals surface area contributed by atoms with E-state index in [1.165, 1.54) is 11.3 Å². The molecule has 0 bridgehead atoms. The van der Waals surface area contributed by atoms with Gasteiger partial charge in [0, 0.05) is 11.1 Å². The summed E-state index contributed by atoms with van der Waals surface area (Å²) in [5.74, 6) is 4.45. The van der Waals surface area contributed by atoms with Crippen LogP contribution in [-0.4, -0.2) is 0 Å². The van der Waals surface area contributed by atoms with Crippen LogP contribution in [0.2, 0.25) is 0 Å². The number of thiophene rings is 1. The van der Waals surface area contributed by atoms with Gasteiger partial charge in [0.25, 0.3) is 0 Å². The van der Waals surface area contributed by atoms with Crippen molar-refractivity contribution in [1.29, 1.82) is 0 Å². The van der Waals surface area contributed by atoms with Gasteiger partial charge in [-0.1, -0.05) is 0 Å². The first-order valence-electron chi connectivity index (χ1n) is 4.88. The van der Waals surface area contributed by atoms with Crippen molar-refractivity contribution in [3.8, 4) is 0 Å². The molecular formula is C11H8Br2F2N2S. The fourth-order valence-corrected chi connectivity index (χ4v) is 4.53. The molecule has 1 aromatic heterocycles. The summed E-state index contributed by atoms with van der Waals surface area (Å²) in [5, 5.41) is 0. The van der Waals surface area contributed by atoms with E-state index in [-0.39, 0.29) is 5.56 Å². The van der Waals surface area contributed by atoms with E-state index in [4.69, 9.17) is 5.84 Å². The number of hydrogen-bond acceptors (Lipinski definition) is 3. The van der Waals surface area contributed by atoms with E-state index in [0.717, 1.165) is 31.3 Å². The van der Waals surface area contributed by atoms with Crippen LogP contribution in [0.3, 0.4) is 0 Å². The highest BCUT2D eigenvalue weighted by atomic mass is 79.9. The molecule has 0 amide bonds. The molecule has 0 saturated heterocycles. The first-order valence-corrected chi connectivity index (χ1v) is 7.29. The zero-order valence-corrected chi connectivity index (χ0v) is 12.9. The van der Waals surface area contributed by atoms with Crippen LogP contribution in [0.4, 0.5) is 8.78 Å². The average molecular weight is 398 g/mol. The Balaban J connectivity index is 2.51. The molecule has 1 heterocycles. The highest BCUT2D eigenvalue weighted by Crippen LogP contribution is 2.38. The topological polar surface area (TPSA) is 38.0 Å². The van der Waals surface area contributed by atoms with Gasteiger partial charge in [-0.25, -0.2) is 14.2 Å². The molecule has 0 fully saturated rings. The number of hydrazine groups is 1. The molecule has 96 valence electrons. The summed E-state index contributed by atoms with van der Waals surface area (Å²) in [6.45, 7) is 0. The number of nitrogens with one attached hydrogen (secondary N) is 1. The molecule has 3 N–H and O–H groups in total. The molecule has 0 aliphatic carbocycles. The maximum Gasteiger partial charge on any atom is 0.128 e. The normalized spacial score (nSPS) is 12.7. The number of rotatable bonds is 3. The molecule has 0 spiro atoms. The standard InChI is InChI=1S/C11H8Br2F2N2S/c12-9-4-7(11(13)18-9)10(17-16)6-3-5(14)1-2-8(6)15/h1-4,10,17H,16H2. The van der Waals surface area contributed by atoms with Crippen molar-refractivity contribution < 1.29 is 8.78 Å². The minimum absolute atomic E-state index is 0.170. The molecule has 0 radical (unpaired) electrons. The second kappa shape index (κ2) is 5.75. The third kappa shape index (κ3) is 2.80. The number of hydrogen-bond donors (Lipinski definition) is 2. The highest BCUT2D eigenvalue weighted by Gasteiger charge is 2.21. The van der Waals surface area contributed by atoms with E-state index in [2.05, 4.69) is 37.3 Å². The molecule has 7 heteroatoms. The van der Waals surface area contributed by atoms with Crippen molar-refractivity contribution >= 4 is 43.2 Å². The SMILES string of the molecule is NNC(c1cc(F)ccc1F)c1cc(Br)sc1Br. The zero-order chi connectivity index (χ0) is 13.3. The summed E-state index contributed by atoms with van der Waals surface area (Å²) in [7, 11) is 0. The first kappa shape index (κ1) is 14.1. The van der Waals surface area contributed by atoms with Gasteiger partial charge in [-0.15, -0.1) is 11.3 Å². The van der Waals surface area contributed by atoms with Crippen LogP contribution in [-0.2, 0) is 0 Å². The third-order valence-corrected chi connectivity index (χ3v) is 4.82. The molecule has 0 aliphatic heterocycles. The molecule has 1 unspecified atom stereocenters. The van der Waals surface area contributed by atoms with Crippen LogP contribution in [0.15, 0.2) is 31.8 Å². The minimum atomic E-state index is -0.613. The fraction of sp³-hybridized carbons (Fsp3) is 0.0909. The van der Waals surface area contributed by atoms with Gasteiger partial charge < -0.3 is 0 Å². The lowest BCUT2D eigenvalue weighted by molar-refractivity contribution is 0.545. The Hall–Kier alpha value is -0.340. The van der Waals surface area contributed by atoms with Crippen LogP contribution >= 0.6 is 43.2 Å². The lowest BCUT2D eigenvalue weighted by Crippen LogP contribution is -2.29. The van der Waals surface area contributed by atoms with E-state index in [9.17, 15) is 8.78 Å². The Kier molecular flexibility index (Phi) is 4.50. The lowest BCUT2D eigenvalue weighted by Gasteiger charge is -2.16. The second-order valence-electron chi connectivity index (χ2n) is 3.55. The minimum Gasteiger partial charge on any atom is -0.271 e. The summed E-state index contributed by atoms with van der Waals surface area (Å²) >= 11 is 8.15. The van der Waals surface area contributed by atoms with Crippen molar-refractivity contribution in [2.75, 3.05) is 0 Å². The van der Waals surface area contributed by atoms with Gasteiger partial charge in [0.1, 0.15) is 11.6 Å². The average Bonchev–Trinajstić information content (AvgIpc) is 2.64. The molecule has 0 saturated carbocycles. The van der Waals surface area contributed by atoms with Crippen molar-refractivity contribution in [1.82, 2.24) is 5.43 Å². The fourth-order valence-electron chi connectivity index (χ4n) is 1.63. The number of nitrogens with two attached hydrogens (primary N) is 1. The van der Waals surface area contributed by atoms with Gasteiger partial charge in [0.15, 0.2) is 0 Å². The van der Waals surface area contributed by atoms with E-state index >= 15 is 0 Å². The van der Waals surface area contributed by atoms with E-state index in [0.29, 0.717) is 0 Å². The summed E-state index contributed by atoms with van der Waals surface area (Å²) in [6.07, 6.45) is 0. The van der Waals surface area contributed by atoms with Gasteiger partial charge in [-0.05, 0) is 56.1 Å². The Morgan fingerprint density at radius 2 is 1.89 bits per heavy atom. The predicted octanol–water partition coefficient (Wildman–Crippen LogP) is 4.10. The van der Waals surface area contributed by atoms with Crippen LogP contribution < -0.4 is 11.3 Å². The van der Waals surface area contributed by atoms with Crippen molar-refractivity contribution in [2.24, 2.45) is 5.84 Å². The van der Waals surface area contributed by atoms with Gasteiger partial charge >= 0.3 is 0 Å². The molecular weight excluding hydrogens is 390 g/mol. The van der Waals surface area contributed by atoms with Gasteiger partial charge in [0.05, 0.1) is 13.6 Å². The van der Waals surface area contributed by atoms with Crippen molar-refractivity contribution in [3.63, 3.8) is 0 Å². The Bertz CT molecular complexity index is 574. The Labute approximate surface area is 123 Å². The smallest absolute Gasteiger partial charge is 0.128 e. The zero-order valence-electron chi connectivity index (χ0n) is 8.88. The molecule has 2 nitrogen and oxygen atoms in total. The highest BCUT2D eigenvalue weighted by molar-refractivity contribution is 9.12. The van der Waals surface area contributed by atoms with E-state index < -0.39 is 17.7 Å². The third-order valence-electron chi connectivity index (χ3n) is 2.43. The van der Waals surface area contributed by atoms with E-state index in [1.54, 1.807) is 0 Å². The maximum atomic E-state index is 13.7. The van der Waals surface area contributed by atoms with Crippen molar-refractivity contribution in [3.05, 3.63) is 54.6 Å². The Morgan fingerprint density at radius 1 is 1.17 bits per heavy atom. The van der Waals surface area contributed by atoms with Crippen LogP contribution in [0, 0.1) is 11.6 Å². The molecule has 1 aromatic carbocycles. The predicted molar refractivity (Wildman–Crippen MR) is 75.2 cm³/mol. The number of benzene rings is 1. The largest absolute Gasteiger partial charge is 0.271 e. The Morgan fingerprint density at radius 3 is 2.44 bits per heavy atom. The second-order valence-corrected chi connectivity index (χ2v) is 7.29. The van der Waals surface area contributed by atoms with E-state index in [1.807, 2.05) is 6.07 Å². The van der Waals surface area contributed by atoms with Crippen LogP contribution in [0.5, 0.6) is 0 Å². The molecule has 1 atom stereocenters. The molecule has 2 aromatic rings. The first-order chi connectivity index (χ1) is 8.52. The summed E-state index contributed by atoms with van der Waals surface area (Å²) in [6, 6.07) is 4.49. The number of halogens is 4. The molecule has 2 rings (SSSR count). The lowest BCUT2D eigenvalue weighted by atomic mass is 10.0. The summed E-state index contributed by atoms with van der Waals surface area (Å²) < 4.78 is 28.6. The monoisotopic (exact) mass is 396 g/mol. The summed E-state index contributed by atoms with van der Waals surface area (Å²) in [5.41, 5.74) is 3.42. The summed E-state index contributed by atoms with van der Waals surface area (Å²) in [4.78, 5) is 0.